The molecule has 38 heavy (non-hydrogen) atoms. The highest BCUT2D eigenvalue weighted by Gasteiger charge is 2.32. The molecule has 2 amide bonds. The van der Waals surface area contributed by atoms with E-state index in [1.165, 1.54) is 5.56 Å². The molecule has 0 bridgehead atoms. The molecular formula is C31H27N5O2. The van der Waals surface area contributed by atoms with Gasteiger partial charge in [0.25, 0.3) is 11.8 Å². The minimum absolute atomic E-state index is 0.0351. The number of amides is 2. The zero-order chi connectivity index (χ0) is 26.2. The van der Waals surface area contributed by atoms with E-state index in [0.29, 0.717) is 36.0 Å². The van der Waals surface area contributed by atoms with Crippen LogP contribution in [-0.2, 0) is 7.05 Å². The minimum Gasteiger partial charge on any atom is -0.337 e. The first-order chi connectivity index (χ1) is 18.5. The molecule has 1 saturated heterocycles. The summed E-state index contributed by atoms with van der Waals surface area (Å²) in [4.78, 5) is 32.5. The number of nitrogens with zero attached hydrogens (tertiary/aromatic N) is 4. The summed E-state index contributed by atoms with van der Waals surface area (Å²) < 4.78 is 1.86. The Morgan fingerprint density at radius 1 is 0.921 bits per heavy atom. The van der Waals surface area contributed by atoms with E-state index in [2.05, 4.69) is 39.7 Å². The van der Waals surface area contributed by atoms with Crippen LogP contribution in [0.1, 0.15) is 37.9 Å². The third-order valence-corrected chi connectivity index (χ3v) is 7.23. The number of aromatic nitrogens is 3. The van der Waals surface area contributed by atoms with Crippen molar-refractivity contribution in [2.24, 2.45) is 7.05 Å². The SMILES string of the molecule is Cc1ccc(C(=O)N2CC(c3ccc(-c4ccnn4C)cc3)C2)cc1NC(=O)c1ccc2ccccc2n1. The summed E-state index contributed by atoms with van der Waals surface area (Å²) in [6.45, 7) is 3.24. The van der Waals surface area contributed by atoms with Gasteiger partial charge in [-0.3, -0.25) is 14.3 Å². The molecule has 7 heteroatoms. The summed E-state index contributed by atoms with van der Waals surface area (Å²) in [7, 11) is 1.93. The summed E-state index contributed by atoms with van der Waals surface area (Å²) in [5.41, 5.74) is 6.56. The third kappa shape index (κ3) is 4.43. The molecule has 7 nitrogen and oxygen atoms in total. The van der Waals surface area contributed by atoms with Gasteiger partial charge in [0.2, 0.25) is 0 Å². The quantitative estimate of drug-likeness (QED) is 0.348. The zero-order valence-corrected chi connectivity index (χ0v) is 21.3. The van der Waals surface area contributed by atoms with Crippen LogP contribution >= 0.6 is 0 Å². The maximum Gasteiger partial charge on any atom is 0.274 e. The molecule has 1 N–H and O–H groups in total. The lowest BCUT2D eigenvalue weighted by atomic mass is 9.90. The molecule has 1 fully saturated rings. The second kappa shape index (κ2) is 9.59. The molecule has 0 atom stereocenters. The minimum atomic E-state index is -0.304. The molecule has 0 saturated carbocycles. The van der Waals surface area contributed by atoms with E-state index in [4.69, 9.17) is 0 Å². The van der Waals surface area contributed by atoms with E-state index in [1.54, 1.807) is 18.3 Å². The molecule has 0 radical (unpaired) electrons. The van der Waals surface area contributed by atoms with Crippen LogP contribution in [0.5, 0.6) is 0 Å². The van der Waals surface area contributed by atoms with Crippen LogP contribution in [0.4, 0.5) is 5.69 Å². The van der Waals surface area contributed by atoms with Gasteiger partial charge >= 0.3 is 0 Å². The fourth-order valence-corrected chi connectivity index (χ4v) is 4.89. The van der Waals surface area contributed by atoms with E-state index in [9.17, 15) is 9.59 Å². The third-order valence-electron chi connectivity index (χ3n) is 7.23. The van der Waals surface area contributed by atoms with Gasteiger partial charge in [-0.2, -0.15) is 5.10 Å². The Bertz CT molecular complexity index is 1670. The van der Waals surface area contributed by atoms with E-state index in [1.807, 2.05) is 72.1 Å². The Hall–Kier alpha value is -4.78. The first-order valence-corrected chi connectivity index (χ1v) is 12.6. The molecule has 2 aromatic heterocycles. The number of anilines is 1. The van der Waals surface area contributed by atoms with Crippen LogP contribution in [0.2, 0.25) is 0 Å². The van der Waals surface area contributed by atoms with Crippen LogP contribution in [0.25, 0.3) is 22.2 Å². The highest BCUT2D eigenvalue weighted by molar-refractivity contribution is 6.05. The Balaban J connectivity index is 1.12. The van der Waals surface area contributed by atoms with Crippen LogP contribution in [-0.4, -0.2) is 44.6 Å². The Morgan fingerprint density at radius 3 is 2.47 bits per heavy atom. The average Bonchev–Trinajstić information content (AvgIpc) is 3.34. The second-order valence-corrected chi connectivity index (χ2v) is 9.74. The molecular weight excluding hydrogens is 474 g/mol. The lowest BCUT2D eigenvalue weighted by molar-refractivity contribution is 0.0602. The largest absolute Gasteiger partial charge is 0.337 e. The number of para-hydroxylation sites is 1. The lowest BCUT2D eigenvalue weighted by Gasteiger charge is -2.39. The summed E-state index contributed by atoms with van der Waals surface area (Å²) >= 11 is 0. The normalized spacial score (nSPS) is 13.4. The van der Waals surface area contributed by atoms with Crippen molar-refractivity contribution in [3.63, 3.8) is 0 Å². The predicted octanol–water partition coefficient (Wildman–Crippen LogP) is 5.44. The smallest absolute Gasteiger partial charge is 0.274 e. The number of carbonyl (C=O) groups is 2. The van der Waals surface area contributed by atoms with Gasteiger partial charge in [-0.15, -0.1) is 0 Å². The van der Waals surface area contributed by atoms with E-state index >= 15 is 0 Å². The number of hydrogen-bond donors (Lipinski definition) is 1. The van der Waals surface area contributed by atoms with Crippen molar-refractivity contribution >= 4 is 28.4 Å². The van der Waals surface area contributed by atoms with Crippen molar-refractivity contribution in [3.05, 3.63) is 114 Å². The van der Waals surface area contributed by atoms with Gasteiger partial charge < -0.3 is 10.2 Å². The number of likely N-dealkylation sites (tertiary alicyclic amines) is 1. The van der Waals surface area contributed by atoms with Crippen molar-refractivity contribution in [2.45, 2.75) is 12.8 Å². The zero-order valence-electron chi connectivity index (χ0n) is 21.3. The van der Waals surface area contributed by atoms with E-state index < -0.39 is 0 Å². The van der Waals surface area contributed by atoms with Crippen molar-refractivity contribution in [1.29, 1.82) is 0 Å². The number of hydrogen-bond acceptors (Lipinski definition) is 4. The van der Waals surface area contributed by atoms with Crippen LogP contribution in [0.3, 0.4) is 0 Å². The van der Waals surface area contributed by atoms with Gasteiger partial charge in [-0.25, -0.2) is 4.98 Å². The van der Waals surface area contributed by atoms with Crippen molar-refractivity contribution < 1.29 is 9.59 Å². The van der Waals surface area contributed by atoms with E-state index in [-0.39, 0.29) is 11.8 Å². The fourth-order valence-electron chi connectivity index (χ4n) is 4.89. The Labute approximate surface area is 220 Å². The monoisotopic (exact) mass is 501 g/mol. The summed E-state index contributed by atoms with van der Waals surface area (Å²) in [5, 5.41) is 8.15. The highest BCUT2D eigenvalue weighted by atomic mass is 16.2. The van der Waals surface area contributed by atoms with Crippen LogP contribution in [0.15, 0.2) is 91.1 Å². The molecule has 3 aromatic carbocycles. The maximum atomic E-state index is 13.2. The Morgan fingerprint density at radius 2 is 1.71 bits per heavy atom. The van der Waals surface area contributed by atoms with Gasteiger partial charge in [0.15, 0.2) is 0 Å². The molecule has 0 aliphatic carbocycles. The topological polar surface area (TPSA) is 80.1 Å². The average molecular weight is 502 g/mol. The van der Waals surface area contributed by atoms with Gasteiger partial charge in [0.1, 0.15) is 5.69 Å². The maximum absolute atomic E-state index is 13.2. The summed E-state index contributed by atoms with van der Waals surface area (Å²) in [6.07, 6.45) is 1.79. The van der Waals surface area contributed by atoms with Gasteiger partial charge in [0.05, 0.1) is 11.2 Å². The fraction of sp³-hybridized carbons (Fsp3) is 0.161. The number of benzene rings is 3. The van der Waals surface area contributed by atoms with Crippen molar-refractivity contribution in [1.82, 2.24) is 19.7 Å². The van der Waals surface area contributed by atoms with E-state index in [0.717, 1.165) is 27.7 Å². The predicted molar refractivity (Wildman–Crippen MR) is 148 cm³/mol. The molecule has 1 aliphatic rings. The van der Waals surface area contributed by atoms with Gasteiger partial charge in [0, 0.05) is 48.9 Å². The number of pyridine rings is 1. The Kier molecular flexibility index (Phi) is 5.96. The number of carbonyl (C=O) groups excluding carboxylic acids is 2. The second-order valence-electron chi connectivity index (χ2n) is 9.74. The molecule has 5 aromatic rings. The molecule has 0 unspecified atom stereocenters. The molecule has 188 valence electrons. The first kappa shape index (κ1) is 23.6. The summed E-state index contributed by atoms with van der Waals surface area (Å²) in [6, 6.07) is 27.2. The number of rotatable bonds is 5. The van der Waals surface area contributed by atoms with Crippen molar-refractivity contribution in [3.8, 4) is 11.3 Å². The lowest BCUT2D eigenvalue weighted by Crippen LogP contribution is -2.48. The number of fused-ring (bicyclic) bond motifs is 1. The number of aryl methyl sites for hydroxylation is 2. The van der Waals surface area contributed by atoms with Crippen LogP contribution in [0, 0.1) is 6.92 Å². The highest BCUT2D eigenvalue weighted by Crippen LogP contribution is 2.31. The summed E-state index contributed by atoms with van der Waals surface area (Å²) in [5.74, 6) is -0.0303. The molecule has 6 rings (SSSR count). The standard InChI is InChI=1S/C31H27N5O2/c1-20-7-8-24(17-28(20)34-30(37)27-14-13-22-5-3-4-6-26(22)33-27)31(38)36-18-25(19-36)21-9-11-23(12-10-21)29-15-16-32-35(29)2/h3-17,25H,18-19H2,1-2H3,(H,34,37). The van der Waals surface area contributed by atoms with Gasteiger partial charge in [-0.1, -0.05) is 54.6 Å². The number of nitrogens with one attached hydrogen (secondary N) is 1. The molecule has 1 aliphatic heterocycles. The van der Waals surface area contributed by atoms with Crippen LogP contribution < -0.4 is 5.32 Å². The molecule has 3 heterocycles. The molecule has 0 spiro atoms. The van der Waals surface area contributed by atoms with Gasteiger partial charge in [-0.05, 0) is 53.9 Å². The van der Waals surface area contributed by atoms with Crippen molar-refractivity contribution in [2.75, 3.05) is 18.4 Å². The first-order valence-electron chi connectivity index (χ1n) is 12.6.